The smallest absolute Gasteiger partial charge is 0.412 e. The molecule has 2 N–H and O–H groups in total. The van der Waals surface area contributed by atoms with Crippen molar-refractivity contribution in [3.05, 3.63) is 48.2 Å². The van der Waals surface area contributed by atoms with E-state index < -0.39 is 11.7 Å². The van der Waals surface area contributed by atoms with Gasteiger partial charge in [0.1, 0.15) is 5.60 Å². The van der Waals surface area contributed by atoms with Crippen molar-refractivity contribution in [3.63, 3.8) is 0 Å². The molecule has 0 aliphatic carbocycles. The first-order valence-electron chi connectivity index (χ1n) is 7.68. The van der Waals surface area contributed by atoms with Crippen molar-refractivity contribution in [2.24, 2.45) is 0 Å². The first-order chi connectivity index (χ1) is 11.8. The van der Waals surface area contributed by atoms with E-state index in [1.54, 1.807) is 57.2 Å². The summed E-state index contributed by atoms with van der Waals surface area (Å²) >= 11 is 0. The molecule has 7 nitrogen and oxygen atoms in total. The molecule has 0 aliphatic heterocycles. The summed E-state index contributed by atoms with van der Waals surface area (Å²) in [7, 11) is 1.52. The third kappa shape index (κ3) is 5.80. The molecular weight excluding hydrogens is 322 g/mol. The molecule has 0 atom stereocenters. The molecule has 0 saturated carbocycles. The van der Waals surface area contributed by atoms with Crippen molar-refractivity contribution in [2.75, 3.05) is 17.7 Å². The third-order valence-corrected chi connectivity index (χ3v) is 3.00. The minimum absolute atomic E-state index is 0.282. The van der Waals surface area contributed by atoms with E-state index in [2.05, 4.69) is 15.6 Å². The summed E-state index contributed by atoms with van der Waals surface area (Å²) in [6.07, 6.45) is 0.962. The van der Waals surface area contributed by atoms with Crippen molar-refractivity contribution in [1.29, 1.82) is 0 Å². The number of methoxy groups -OCH3 is 1. The van der Waals surface area contributed by atoms with E-state index in [1.165, 1.54) is 13.3 Å². The second-order valence-corrected chi connectivity index (χ2v) is 6.25. The zero-order chi connectivity index (χ0) is 18.4. The fourth-order valence-electron chi connectivity index (χ4n) is 1.90. The standard InChI is InChI=1S/C18H21N3O4/c1-18(2,3)25-17(23)21-13-7-5-12(6-8-13)16(22)20-14-9-10-15(24-4)19-11-14/h5-11H,1-4H3,(H,20,22)(H,21,23). The number of nitrogens with zero attached hydrogens (tertiary/aromatic N) is 1. The number of rotatable bonds is 4. The lowest BCUT2D eigenvalue weighted by Crippen LogP contribution is -2.27. The Balaban J connectivity index is 1.96. The van der Waals surface area contributed by atoms with E-state index in [0.29, 0.717) is 22.8 Å². The van der Waals surface area contributed by atoms with Crippen LogP contribution < -0.4 is 15.4 Å². The molecular formula is C18H21N3O4. The predicted octanol–water partition coefficient (Wildman–Crippen LogP) is 3.69. The molecule has 0 spiro atoms. The lowest BCUT2D eigenvalue weighted by molar-refractivity contribution is 0.0636. The molecule has 7 heteroatoms. The number of aromatic nitrogens is 1. The average Bonchev–Trinajstić information content (AvgIpc) is 2.54. The molecule has 2 aromatic rings. The number of hydrogen-bond acceptors (Lipinski definition) is 5. The summed E-state index contributed by atoms with van der Waals surface area (Å²) in [5, 5.41) is 5.34. The highest BCUT2D eigenvalue weighted by Crippen LogP contribution is 2.15. The molecule has 1 aromatic heterocycles. The van der Waals surface area contributed by atoms with Gasteiger partial charge in [0.05, 0.1) is 19.0 Å². The van der Waals surface area contributed by atoms with Gasteiger partial charge in [-0.2, -0.15) is 0 Å². The molecule has 2 amide bonds. The summed E-state index contributed by atoms with van der Waals surface area (Å²) in [4.78, 5) is 27.9. The number of benzene rings is 1. The van der Waals surface area contributed by atoms with E-state index in [1.807, 2.05) is 0 Å². The van der Waals surface area contributed by atoms with Gasteiger partial charge in [0.2, 0.25) is 5.88 Å². The van der Waals surface area contributed by atoms with Crippen LogP contribution in [0.15, 0.2) is 42.6 Å². The van der Waals surface area contributed by atoms with Gasteiger partial charge in [0.25, 0.3) is 5.91 Å². The van der Waals surface area contributed by atoms with Crippen LogP contribution in [0.3, 0.4) is 0 Å². The van der Waals surface area contributed by atoms with Crippen LogP contribution in [0.4, 0.5) is 16.2 Å². The van der Waals surface area contributed by atoms with E-state index >= 15 is 0 Å². The minimum Gasteiger partial charge on any atom is -0.481 e. The van der Waals surface area contributed by atoms with Crippen LogP contribution in [0.2, 0.25) is 0 Å². The summed E-state index contributed by atoms with van der Waals surface area (Å²) < 4.78 is 10.1. The maximum atomic E-state index is 12.2. The molecule has 2 rings (SSSR count). The molecule has 1 aromatic carbocycles. The number of anilines is 2. The first-order valence-corrected chi connectivity index (χ1v) is 7.68. The summed E-state index contributed by atoms with van der Waals surface area (Å²) in [6.45, 7) is 5.36. The van der Waals surface area contributed by atoms with Crippen molar-refractivity contribution in [3.8, 4) is 5.88 Å². The fourth-order valence-corrected chi connectivity index (χ4v) is 1.90. The Labute approximate surface area is 146 Å². The SMILES string of the molecule is COc1ccc(NC(=O)c2ccc(NC(=O)OC(C)(C)C)cc2)cn1. The van der Waals surface area contributed by atoms with Gasteiger partial charge in [-0.25, -0.2) is 9.78 Å². The molecule has 1 heterocycles. The number of nitrogens with one attached hydrogen (secondary N) is 2. The van der Waals surface area contributed by atoms with Crippen molar-refractivity contribution >= 4 is 23.4 Å². The van der Waals surface area contributed by atoms with Gasteiger partial charge in [-0.05, 0) is 51.1 Å². The summed E-state index contributed by atoms with van der Waals surface area (Å²) in [6, 6.07) is 9.83. The van der Waals surface area contributed by atoms with Crippen molar-refractivity contribution in [1.82, 2.24) is 4.98 Å². The van der Waals surface area contributed by atoms with Gasteiger partial charge in [0.15, 0.2) is 0 Å². The number of carbonyl (C=O) groups excluding carboxylic acids is 2. The van der Waals surface area contributed by atoms with Crippen LogP contribution in [-0.2, 0) is 4.74 Å². The summed E-state index contributed by atoms with van der Waals surface area (Å²) in [5.41, 5.74) is 0.972. The quantitative estimate of drug-likeness (QED) is 0.884. The van der Waals surface area contributed by atoms with E-state index in [-0.39, 0.29) is 5.91 Å². The number of carbonyl (C=O) groups is 2. The largest absolute Gasteiger partial charge is 0.481 e. The van der Waals surface area contributed by atoms with Gasteiger partial charge < -0.3 is 14.8 Å². The highest BCUT2D eigenvalue weighted by Gasteiger charge is 2.16. The molecule has 0 aliphatic rings. The minimum atomic E-state index is -0.573. The molecule has 132 valence electrons. The van der Waals surface area contributed by atoms with Gasteiger partial charge >= 0.3 is 6.09 Å². The maximum Gasteiger partial charge on any atom is 0.412 e. The van der Waals surface area contributed by atoms with Crippen LogP contribution in [-0.4, -0.2) is 29.7 Å². The predicted molar refractivity (Wildman–Crippen MR) is 95.0 cm³/mol. The second kappa shape index (κ2) is 7.65. The Morgan fingerprint density at radius 1 is 0.960 bits per heavy atom. The number of pyridine rings is 1. The van der Waals surface area contributed by atoms with Crippen LogP contribution in [0.1, 0.15) is 31.1 Å². The monoisotopic (exact) mass is 343 g/mol. The van der Waals surface area contributed by atoms with Crippen molar-refractivity contribution in [2.45, 2.75) is 26.4 Å². The lowest BCUT2D eigenvalue weighted by Gasteiger charge is -2.19. The normalized spacial score (nSPS) is 10.7. The molecule has 0 saturated heterocycles. The van der Waals surface area contributed by atoms with Gasteiger partial charge in [-0.15, -0.1) is 0 Å². The lowest BCUT2D eigenvalue weighted by atomic mass is 10.2. The Kier molecular flexibility index (Phi) is 5.59. The number of hydrogen-bond donors (Lipinski definition) is 2. The average molecular weight is 343 g/mol. The van der Waals surface area contributed by atoms with Crippen LogP contribution in [0.25, 0.3) is 0 Å². The van der Waals surface area contributed by atoms with E-state index in [4.69, 9.17) is 9.47 Å². The summed E-state index contributed by atoms with van der Waals surface area (Å²) in [5.74, 6) is 0.186. The highest BCUT2D eigenvalue weighted by atomic mass is 16.6. The van der Waals surface area contributed by atoms with Crippen LogP contribution in [0, 0.1) is 0 Å². The molecule has 0 unspecified atom stereocenters. The van der Waals surface area contributed by atoms with E-state index in [0.717, 1.165) is 0 Å². The Bertz CT molecular complexity index is 734. The zero-order valence-electron chi connectivity index (χ0n) is 14.6. The zero-order valence-corrected chi connectivity index (χ0v) is 14.6. The molecule has 0 fully saturated rings. The van der Waals surface area contributed by atoms with Gasteiger partial charge in [-0.1, -0.05) is 0 Å². The third-order valence-electron chi connectivity index (χ3n) is 3.00. The topological polar surface area (TPSA) is 89.6 Å². The highest BCUT2D eigenvalue weighted by molar-refractivity contribution is 6.04. The Hall–Kier alpha value is -3.09. The number of amides is 2. The maximum absolute atomic E-state index is 12.2. The number of ether oxygens (including phenoxy) is 2. The molecule has 25 heavy (non-hydrogen) atoms. The first kappa shape index (κ1) is 18.3. The van der Waals surface area contributed by atoms with E-state index in [9.17, 15) is 9.59 Å². The second-order valence-electron chi connectivity index (χ2n) is 6.25. The van der Waals surface area contributed by atoms with Crippen LogP contribution in [0.5, 0.6) is 5.88 Å². The molecule has 0 bridgehead atoms. The van der Waals surface area contributed by atoms with Crippen molar-refractivity contribution < 1.29 is 19.1 Å². The Morgan fingerprint density at radius 3 is 2.12 bits per heavy atom. The van der Waals surface area contributed by atoms with Crippen LogP contribution >= 0.6 is 0 Å². The Morgan fingerprint density at radius 2 is 1.60 bits per heavy atom. The molecule has 0 radical (unpaired) electrons. The van der Waals surface area contributed by atoms with Gasteiger partial charge in [-0.3, -0.25) is 10.1 Å². The fraction of sp³-hybridized carbons (Fsp3) is 0.278. The van der Waals surface area contributed by atoms with Gasteiger partial charge in [0, 0.05) is 17.3 Å².